The molecule has 1 saturated heterocycles. The molecule has 2 aliphatic rings. The fraction of sp³-hybridized carbons (Fsp3) is 0.360. The highest BCUT2D eigenvalue weighted by Crippen LogP contribution is 2.34. The number of hydrogen-bond acceptors (Lipinski definition) is 5. The largest absolute Gasteiger partial charge is 0.325 e. The summed E-state index contributed by atoms with van der Waals surface area (Å²) in [6.07, 6.45) is 4.79. The molecule has 3 aromatic rings. The van der Waals surface area contributed by atoms with Gasteiger partial charge in [0.1, 0.15) is 12.1 Å². The molecular weight excluding hydrogens is 436 g/mol. The second-order valence-electron chi connectivity index (χ2n) is 8.71. The summed E-state index contributed by atoms with van der Waals surface area (Å²) in [5, 5.41) is 3.47. The van der Waals surface area contributed by atoms with Crippen molar-refractivity contribution in [2.24, 2.45) is 0 Å². The molecule has 1 saturated carbocycles. The molecule has 1 aliphatic heterocycles. The predicted octanol–water partition coefficient (Wildman–Crippen LogP) is 4.13. The topological polar surface area (TPSA) is 82.6 Å². The molecule has 170 valence electrons. The Morgan fingerprint density at radius 3 is 2.52 bits per heavy atom. The molecule has 5 rings (SSSR count). The van der Waals surface area contributed by atoms with Gasteiger partial charge in [-0.05, 0) is 37.0 Å². The number of carbonyl (C=O) groups is 3. The zero-order valence-corrected chi connectivity index (χ0v) is 19.1. The third-order valence-corrected chi connectivity index (χ3v) is 7.59. The summed E-state index contributed by atoms with van der Waals surface area (Å²) in [5.41, 5.74) is 1.10. The van der Waals surface area contributed by atoms with E-state index in [1.165, 1.54) is 11.3 Å². The van der Waals surface area contributed by atoms with Crippen LogP contribution in [-0.2, 0) is 16.0 Å². The molecule has 0 atom stereocenters. The van der Waals surface area contributed by atoms with Gasteiger partial charge in [0.05, 0.1) is 10.2 Å². The van der Waals surface area contributed by atoms with E-state index in [0.29, 0.717) is 30.9 Å². The SMILES string of the molecule is O=C1NC2(CCCCC2)C(=O)N1CC(=O)N(CCc1ccccc1)c1nc2ccccc2s1. The van der Waals surface area contributed by atoms with Crippen LogP contribution in [0.5, 0.6) is 0 Å². The average molecular weight is 463 g/mol. The number of thiazole rings is 1. The number of amides is 4. The van der Waals surface area contributed by atoms with E-state index in [4.69, 9.17) is 0 Å². The van der Waals surface area contributed by atoms with Crippen LogP contribution in [0, 0.1) is 0 Å². The maximum absolute atomic E-state index is 13.5. The standard InChI is InChI=1S/C25H26N4O3S/c30-21(17-29-22(31)25(27-23(29)32)14-7-2-8-15-25)28(16-13-18-9-3-1-4-10-18)24-26-19-11-5-6-12-20(19)33-24/h1,3-6,9-12H,2,7-8,13-17H2,(H,27,32). The number of nitrogens with one attached hydrogen (secondary N) is 1. The van der Waals surface area contributed by atoms with Crippen LogP contribution in [0.2, 0.25) is 0 Å². The van der Waals surface area contributed by atoms with Gasteiger partial charge < -0.3 is 5.32 Å². The van der Waals surface area contributed by atoms with Crippen LogP contribution in [0.3, 0.4) is 0 Å². The molecule has 1 N–H and O–H groups in total. The van der Waals surface area contributed by atoms with Crippen LogP contribution in [0.4, 0.5) is 9.93 Å². The zero-order chi connectivity index (χ0) is 22.8. The van der Waals surface area contributed by atoms with E-state index in [-0.39, 0.29) is 18.4 Å². The number of aromatic nitrogens is 1. The van der Waals surface area contributed by atoms with Crippen molar-refractivity contribution in [1.82, 2.24) is 15.2 Å². The Morgan fingerprint density at radius 1 is 1.03 bits per heavy atom. The summed E-state index contributed by atoms with van der Waals surface area (Å²) in [6, 6.07) is 17.2. The second-order valence-corrected chi connectivity index (χ2v) is 9.72. The van der Waals surface area contributed by atoms with E-state index in [1.54, 1.807) is 4.90 Å². The molecule has 0 unspecified atom stereocenters. The normalized spacial score (nSPS) is 17.5. The van der Waals surface area contributed by atoms with Crippen LogP contribution in [-0.4, -0.2) is 46.4 Å². The third kappa shape index (κ3) is 4.23. The highest BCUT2D eigenvalue weighted by atomic mass is 32.1. The second kappa shape index (κ2) is 8.94. The average Bonchev–Trinajstić information content (AvgIpc) is 3.35. The molecule has 0 radical (unpaired) electrons. The van der Waals surface area contributed by atoms with E-state index in [0.717, 1.165) is 39.9 Å². The number of fused-ring (bicyclic) bond motifs is 1. The summed E-state index contributed by atoms with van der Waals surface area (Å²) in [4.78, 5) is 46.7. The number of rotatable bonds is 6. The molecule has 1 aromatic heterocycles. The van der Waals surface area contributed by atoms with Gasteiger partial charge >= 0.3 is 6.03 Å². The zero-order valence-electron chi connectivity index (χ0n) is 18.3. The van der Waals surface area contributed by atoms with Gasteiger partial charge in [0, 0.05) is 6.54 Å². The fourth-order valence-electron chi connectivity index (χ4n) is 4.72. The van der Waals surface area contributed by atoms with E-state index in [1.807, 2.05) is 54.6 Å². The lowest BCUT2D eigenvalue weighted by molar-refractivity contribution is -0.135. The van der Waals surface area contributed by atoms with Crippen molar-refractivity contribution in [2.75, 3.05) is 18.0 Å². The maximum Gasteiger partial charge on any atom is 0.325 e. The van der Waals surface area contributed by atoms with Crippen LogP contribution in [0.25, 0.3) is 10.2 Å². The Labute approximate surface area is 196 Å². The lowest BCUT2D eigenvalue weighted by Gasteiger charge is -2.30. The van der Waals surface area contributed by atoms with Gasteiger partial charge in [0.25, 0.3) is 5.91 Å². The maximum atomic E-state index is 13.5. The van der Waals surface area contributed by atoms with E-state index in [2.05, 4.69) is 10.3 Å². The lowest BCUT2D eigenvalue weighted by atomic mass is 9.82. The van der Waals surface area contributed by atoms with Crippen LogP contribution in [0.15, 0.2) is 54.6 Å². The first kappa shape index (κ1) is 21.6. The first-order valence-electron chi connectivity index (χ1n) is 11.4. The van der Waals surface area contributed by atoms with Crippen molar-refractivity contribution in [3.63, 3.8) is 0 Å². The number of anilines is 1. The lowest BCUT2D eigenvalue weighted by Crippen LogP contribution is -2.49. The Balaban J connectivity index is 1.39. The van der Waals surface area contributed by atoms with Gasteiger partial charge in [-0.3, -0.25) is 19.4 Å². The summed E-state index contributed by atoms with van der Waals surface area (Å²) >= 11 is 1.44. The highest BCUT2D eigenvalue weighted by molar-refractivity contribution is 7.22. The molecule has 1 aliphatic carbocycles. The van der Waals surface area contributed by atoms with Crippen molar-refractivity contribution in [1.29, 1.82) is 0 Å². The Bertz CT molecular complexity index is 1150. The van der Waals surface area contributed by atoms with Crippen molar-refractivity contribution >= 4 is 44.5 Å². The minimum Gasteiger partial charge on any atom is -0.323 e. The van der Waals surface area contributed by atoms with Gasteiger partial charge in [-0.1, -0.05) is 73.1 Å². The molecule has 4 amide bonds. The Hall–Kier alpha value is -3.26. The molecule has 0 bridgehead atoms. The minimum absolute atomic E-state index is 0.271. The van der Waals surface area contributed by atoms with Gasteiger partial charge in [-0.25, -0.2) is 9.78 Å². The third-order valence-electron chi connectivity index (χ3n) is 6.53. The molecule has 7 nitrogen and oxygen atoms in total. The smallest absolute Gasteiger partial charge is 0.323 e. The number of benzene rings is 2. The number of hydrogen-bond donors (Lipinski definition) is 1. The van der Waals surface area contributed by atoms with Crippen LogP contribution < -0.4 is 10.2 Å². The van der Waals surface area contributed by atoms with E-state index in [9.17, 15) is 14.4 Å². The molecule has 2 aromatic carbocycles. The van der Waals surface area contributed by atoms with Crippen molar-refractivity contribution in [2.45, 2.75) is 44.1 Å². The number of nitrogens with zero attached hydrogens (tertiary/aromatic N) is 3. The highest BCUT2D eigenvalue weighted by Gasteiger charge is 2.51. The molecular formula is C25H26N4O3S. The van der Waals surface area contributed by atoms with Crippen LogP contribution >= 0.6 is 11.3 Å². The van der Waals surface area contributed by atoms with Crippen molar-refractivity contribution in [3.05, 3.63) is 60.2 Å². The Morgan fingerprint density at radius 2 is 1.76 bits per heavy atom. The molecule has 2 fully saturated rings. The van der Waals surface area contributed by atoms with E-state index < -0.39 is 11.6 Å². The Kier molecular flexibility index (Phi) is 5.85. The number of para-hydroxylation sites is 1. The minimum atomic E-state index is -0.833. The monoisotopic (exact) mass is 462 g/mol. The summed E-state index contributed by atoms with van der Waals surface area (Å²) in [6.45, 7) is 0.134. The van der Waals surface area contributed by atoms with Gasteiger partial charge in [0.15, 0.2) is 5.13 Å². The molecule has 33 heavy (non-hydrogen) atoms. The molecule has 8 heteroatoms. The molecule has 1 spiro atoms. The molecule has 2 heterocycles. The summed E-state index contributed by atoms with van der Waals surface area (Å²) in [7, 11) is 0. The first-order chi connectivity index (χ1) is 16.1. The summed E-state index contributed by atoms with van der Waals surface area (Å²) < 4.78 is 0.987. The predicted molar refractivity (Wildman–Crippen MR) is 128 cm³/mol. The van der Waals surface area contributed by atoms with Crippen LogP contribution in [0.1, 0.15) is 37.7 Å². The van der Waals surface area contributed by atoms with Crippen molar-refractivity contribution in [3.8, 4) is 0 Å². The fourth-order valence-corrected chi connectivity index (χ4v) is 5.73. The van der Waals surface area contributed by atoms with E-state index >= 15 is 0 Å². The quantitative estimate of drug-likeness (QED) is 0.559. The van der Waals surface area contributed by atoms with Crippen molar-refractivity contribution < 1.29 is 14.4 Å². The number of urea groups is 1. The van der Waals surface area contributed by atoms with Gasteiger partial charge in [-0.15, -0.1) is 0 Å². The first-order valence-corrected chi connectivity index (χ1v) is 12.2. The number of imide groups is 1. The number of carbonyl (C=O) groups excluding carboxylic acids is 3. The van der Waals surface area contributed by atoms with Gasteiger partial charge in [0.2, 0.25) is 5.91 Å². The summed E-state index contributed by atoms with van der Waals surface area (Å²) in [5.74, 6) is -0.575. The van der Waals surface area contributed by atoms with Gasteiger partial charge in [-0.2, -0.15) is 0 Å².